The predicted octanol–water partition coefficient (Wildman–Crippen LogP) is 2.84. The summed E-state index contributed by atoms with van der Waals surface area (Å²) >= 11 is 0. The van der Waals surface area contributed by atoms with Crippen molar-refractivity contribution < 1.29 is 14.3 Å². The third-order valence-electron chi connectivity index (χ3n) is 2.70. The average Bonchev–Trinajstić information content (AvgIpc) is 2.42. The number of rotatable bonds is 3. The molecule has 1 aromatic heterocycles. The Kier molecular flexibility index (Phi) is 3.62. The van der Waals surface area contributed by atoms with E-state index in [1.165, 1.54) is 0 Å². The topological polar surface area (TPSA) is 86.0 Å². The minimum atomic E-state index is -1.28. The molecule has 2 rings (SSSR count). The van der Waals surface area contributed by atoms with Crippen LogP contribution in [0.1, 0.15) is 21.5 Å². The van der Waals surface area contributed by atoms with Crippen molar-refractivity contribution in [3.8, 4) is 6.07 Å². The fourth-order valence-corrected chi connectivity index (χ4v) is 1.66. The molecule has 2 aromatic rings. The molecule has 0 atom stereocenters. The van der Waals surface area contributed by atoms with Crippen LogP contribution in [0.25, 0.3) is 0 Å². The van der Waals surface area contributed by atoms with Crippen LogP contribution in [0.2, 0.25) is 0 Å². The van der Waals surface area contributed by atoms with Gasteiger partial charge in [0.2, 0.25) is 0 Å². The van der Waals surface area contributed by atoms with Crippen molar-refractivity contribution in [3.63, 3.8) is 0 Å². The standard InChI is InChI=1S/C14H10FN3O2/c1-8-2-3-9(6-16)4-12(8)18-13-11(14(19)20)5-10(15)7-17-13/h2-5,7H,1H3,(H,17,18)(H,19,20). The third-order valence-corrected chi connectivity index (χ3v) is 2.70. The molecule has 0 unspecified atom stereocenters. The normalized spacial score (nSPS) is 9.85. The van der Waals surface area contributed by atoms with Crippen molar-refractivity contribution in [1.29, 1.82) is 5.26 Å². The number of nitrogens with zero attached hydrogens (tertiary/aromatic N) is 2. The lowest BCUT2D eigenvalue weighted by Gasteiger charge is -2.11. The number of aromatic carboxylic acids is 1. The van der Waals surface area contributed by atoms with Gasteiger partial charge in [0, 0.05) is 5.69 Å². The van der Waals surface area contributed by atoms with Gasteiger partial charge in [-0.3, -0.25) is 0 Å². The van der Waals surface area contributed by atoms with Crippen molar-refractivity contribution in [2.24, 2.45) is 0 Å². The van der Waals surface area contributed by atoms with E-state index in [0.29, 0.717) is 11.3 Å². The van der Waals surface area contributed by atoms with E-state index in [4.69, 9.17) is 10.4 Å². The molecule has 20 heavy (non-hydrogen) atoms. The van der Waals surface area contributed by atoms with Gasteiger partial charge in [-0.2, -0.15) is 5.26 Å². The first-order valence-corrected chi connectivity index (χ1v) is 5.68. The number of aromatic nitrogens is 1. The van der Waals surface area contributed by atoms with E-state index < -0.39 is 11.8 Å². The zero-order valence-electron chi connectivity index (χ0n) is 10.5. The molecule has 0 spiro atoms. The summed E-state index contributed by atoms with van der Waals surface area (Å²) in [5.74, 6) is -1.99. The van der Waals surface area contributed by atoms with Gasteiger partial charge in [0.1, 0.15) is 17.2 Å². The Morgan fingerprint density at radius 2 is 2.20 bits per heavy atom. The molecular weight excluding hydrogens is 261 g/mol. The van der Waals surface area contributed by atoms with E-state index in [0.717, 1.165) is 17.8 Å². The quantitative estimate of drug-likeness (QED) is 0.896. The fraction of sp³-hybridized carbons (Fsp3) is 0.0714. The Labute approximate surface area is 114 Å². The Bertz CT molecular complexity index is 723. The maximum Gasteiger partial charge on any atom is 0.339 e. The zero-order chi connectivity index (χ0) is 14.7. The second-order valence-corrected chi connectivity index (χ2v) is 4.12. The highest BCUT2D eigenvalue weighted by atomic mass is 19.1. The maximum absolute atomic E-state index is 13.0. The van der Waals surface area contributed by atoms with E-state index in [1.807, 2.05) is 6.07 Å². The number of carbonyl (C=O) groups is 1. The van der Waals surface area contributed by atoms with Crippen LogP contribution in [-0.4, -0.2) is 16.1 Å². The van der Waals surface area contributed by atoms with Gasteiger partial charge in [-0.05, 0) is 30.7 Å². The number of carboxylic acids is 1. The lowest BCUT2D eigenvalue weighted by Crippen LogP contribution is -2.06. The van der Waals surface area contributed by atoms with Crippen LogP contribution in [0.4, 0.5) is 15.9 Å². The lowest BCUT2D eigenvalue weighted by molar-refractivity contribution is 0.0697. The average molecular weight is 271 g/mol. The molecule has 0 aliphatic carbocycles. The van der Waals surface area contributed by atoms with Crippen molar-refractivity contribution in [3.05, 3.63) is 53.0 Å². The first-order chi connectivity index (χ1) is 9.51. The SMILES string of the molecule is Cc1ccc(C#N)cc1Nc1ncc(F)cc1C(=O)O. The number of hydrogen-bond donors (Lipinski definition) is 2. The minimum absolute atomic E-state index is 0.0251. The molecule has 2 N–H and O–H groups in total. The first kappa shape index (κ1) is 13.5. The summed E-state index contributed by atoms with van der Waals surface area (Å²) in [7, 11) is 0. The number of nitriles is 1. The van der Waals surface area contributed by atoms with Gasteiger partial charge in [-0.25, -0.2) is 14.2 Å². The highest BCUT2D eigenvalue weighted by molar-refractivity contribution is 5.94. The summed E-state index contributed by atoms with van der Waals surface area (Å²) in [6.07, 6.45) is 0.929. The molecule has 0 aliphatic heterocycles. The predicted molar refractivity (Wildman–Crippen MR) is 70.3 cm³/mol. The molecule has 0 saturated heterocycles. The molecule has 0 bridgehead atoms. The largest absolute Gasteiger partial charge is 0.478 e. The number of anilines is 2. The first-order valence-electron chi connectivity index (χ1n) is 5.68. The Hall–Kier alpha value is -2.94. The van der Waals surface area contributed by atoms with Gasteiger partial charge < -0.3 is 10.4 Å². The van der Waals surface area contributed by atoms with Crippen LogP contribution in [0.3, 0.4) is 0 Å². The summed E-state index contributed by atoms with van der Waals surface area (Å²) in [6.45, 7) is 1.80. The van der Waals surface area contributed by atoms with Crippen LogP contribution in [0.5, 0.6) is 0 Å². The highest BCUT2D eigenvalue weighted by Gasteiger charge is 2.14. The van der Waals surface area contributed by atoms with Crippen LogP contribution in [0.15, 0.2) is 30.5 Å². The van der Waals surface area contributed by atoms with Gasteiger partial charge >= 0.3 is 5.97 Å². The van der Waals surface area contributed by atoms with Gasteiger partial charge in [0.05, 0.1) is 17.8 Å². The zero-order valence-corrected chi connectivity index (χ0v) is 10.5. The number of hydrogen-bond acceptors (Lipinski definition) is 4. The molecule has 100 valence electrons. The van der Waals surface area contributed by atoms with E-state index >= 15 is 0 Å². The lowest BCUT2D eigenvalue weighted by atomic mass is 10.1. The summed E-state index contributed by atoms with van der Waals surface area (Å²) in [5, 5.41) is 20.7. The molecule has 5 nitrogen and oxygen atoms in total. The Morgan fingerprint density at radius 3 is 2.85 bits per heavy atom. The van der Waals surface area contributed by atoms with Crippen LogP contribution in [0, 0.1) is 24.1 Å². The second kappa shape index (κ2) is 5.36. The molecule has 1 aromatic carbocycles. The Balaban J connectivity index is 2.45. The number of halogens is 1. The van der Waals surface area contributed by atoms with E-state index in [9.17, 15) is 9.18 Å². The van der Waals surface area contributed by atoms with Crippen molar-refractivity contribution in [2.75, 3.05) is 5.32 Å². The molecular formula is C14H10FN3O2. The molecule has 6 heteroatoms. The van der Waals surface area contributed by atoms with E-state index in [2.05, 4.69) is 10.3 Å². The van der Waals surface area contributed by atoms with Gasteiger partial charge in [0.15, 0.2) is 0 Å². The monoisotopic (exact) mass is 271 g/mol. The summed E-state index contributed by atoms with van der Waals surface area (Å²) in [4.78, 5) is 14.8. The maximum atomic E-state index is 13.0. The van der Waals surface area contributed by atoms with Gasteiger partial charge in [-0.1, -0.05) is 6.07 Å². The Morgan fingerprint density at radius 1 is 1.45 bits per heavy atom. The summed E-state index contributed by atoms with van der Waals surface area (Å²) in [6, 6.07) is 7.83. The second-order valence-electron chi connectivity index (χ2n) is 4.12. The number of carboxylic acid groups (broad SMARTS) is 1. The fourth-order valence-electron chi connectivity index (χ4n) is 1.66. The van der Waals surface area contributed by atoms with E-state index in [1.54, 1.807) is 25.1 Å². The molecule has 0 aliphatic rings. The summed E-state index contributed by atoms with van der Waals surface area (Å²) < 4.78 is 13.0. The van der Waals surface area contributed by atoms with Gasteiger partial charge in [0.25, 0.3) is 0 Å². The summed E-state index contributed by atoms with van der Waals surface area (Å²) in [5.41, 5.74) is 1.51. The molecule has 0 saturated carbocycles. The number of benzene rings is 1. The number of aryl methyl sites for hydroxylation is 1. The molecule has 1 heterocycles. The van der Waals surface area contributed by atoms with Crippen LogP contribution < -0.4 is 5.32 Å². The third kappa shape index (κ3) is 2.72. The van der Waals surface area contributed by atoms with Gasteiger partial charge in [-0.15, -0.1) is 0 Å². The molecule has 0 radical (unpaired) electrons. The molecule has 0 fully saturated rings. The number of nitrogens with one attached hydrogen (secondary N) is 1. The highest BCUT2D eigenvalue weighted by Crippen LogP contribution is 2.23. The van der Waals surface area contributed by atoms with Crippen molar-refractivity contribution in [2.45, 2.75) is 6.92 Å². The smallest absolute Gasteiger partial charge is 0.339 e. The van der Waals surface area contributed by atoms with Crippen molar-refractivity contribution in [1.82, 2.24) is 4.98 Å². The number of pyridine rings is 1. The molecule has 0 amide bonds. The van der Waals surface area contributed by atoms with E-state index in [-0.39, 0.29) is 11.4 Å². The van der Waals surface area contributed by atoms with Crippen LogP contribution in [-0.2, 0) is 0 Å². The van der Waals surface area contributed by atoms with Crippen molar-refractivity contribution >= 4 is 17.5 Å². The van der Waals surface area contributed by atoms with Crippen LogP contribution >= 0.6 is 0 Å². The minimum Gasteiger partial charge on any atom is -0.478 e.